The number of benzene rings is 1. The summed E-state index contributed by atoms with van der Waals surface area (Å²) in [5.41, 5.74) is 1.12. The van der Waals surface area contributed by atoms with Crippen molar-refractivity contribution >= 4 is 0 Å². The minimum atomic E-state index is 0.626. The van der Waals surface area contributed by atoms with Gasteiger partial charge in [-0.1, -0.05) is 31.7 Å². The molecule has 0 aliphatic carbocycles. The van der Waals surface area contributed by atoms with E-state index in [0.29, 0.717) is 6.61 Å². The molecule has 12 heavy (non-hydrogen) atoms. The average molecular weight is 162 g/mol. The molecular formula is C11H14O. The molecular weight excluding hydrogens is 148 g/mol. The largest absolute Gasteiger partial charge is 0.489 e. The second-order valence-electron chi connectivity index (χ2n) is 2.71. The molecule has 0 saturated carbocycles. The summed E-state index contributed by atoms with van der Waals surface area (Å²) in [5.74, 6) is 0.909. The van der Waals surface area contributed by atoms with Gasteiger partial charge in [0.05, 0.1) is 0 Å². The molecule has 1 nitrogen and oxygen atoms in total. The Morgan fingerprint density at radius 1 is 1.33 bits per heavy atom. The summed E-state index contributed by atoms with van der Waals surface area (Å²) in [6, 6.07) is 9.79. The van der Waals surface area contributed by atoms with Crippen LogP contribution in [0.1, 0.15) is 13.3 Å². The average Bonchev–Trinajstić information content (AvgIpc) is 2.16. The summed E-state index contributed by atoms with van der Waals surface area (Å²) in [7, 11) is 0. The van der Waals surface area contributed by atoms with E-state index >= 15 is 0 Å². The predicted molar refractivity (Wildman–Crippen MR) is 51.4 cm³/mol. The Morgan fingerprint density at radius 2 is 2.00 bits per heavy atom. The molecule has 64 valence electrons. The van der Waals surface area contributed by atoms with Crippen molar-refractivity contribution in [1.29, 1.82) is 0 Å². The molecule has 0 saturated heterocycles. The first kappa shape index (κ1) is 8.85. The Kier molecular flexibility index (Phi) is 3.39. The quantitative estimate of drug-likeness (QED) is 0.618. The summed E-state index contributed by atoms with van der Waals surface area (Å²) < 4.78 is 5.46. The standard InChI is InChI=1S/C11H14O/c1-3-10(2)9-12-11-7-5-4-6-8-11/h4-8H,2-3,9H2,1H3. The van der Waals surface area contributed by atoms with Crippen LogP contribution in [0.4, 0.5) is 0 Å². The van der Waals surface area contributed by atoms with Gasteiger partial charge >= 0.3 is 0 Å². The van der Waals surface area contributed by atoms with Gasteiger partial charge in [-0.3, -0.25) is 0 Å². The van der Waals surface area contributed by atoms with Gasteiger partial charge in [-0.05, 0) is 24.1 Å². The van der Waals surface area contributed by atoms with Crippen molar-refractivity contribution in [3.05, 3.63) is 42.5 Å². The molecule has 0 aliphatic heterocycles. The van der Waals surface area contributed by atoms with E-state index in [-0.39, 0.29) is 0 Å². The van der Waals surface area contributed by atoms with E-state index in [0.717, 1.165) is 17.7 Å². The van der Waals surface area contributed by atoms with Crippen LogP contribution >= 0.6 is 0 Å². The highest BCUT2D eigenvalue weighted by Crippen LogP contribution is 2.09. The molecule has 0 aromatic heterocycles. The van der Waals surface area contributed by atoms with Crippen molar-refractivity contribution in [2.24, 2.45) is 0 Å². The maximum atomic E-state index is 5.46. The highest BCUT2D eigenvalue weighted by atomic mass is 16.5. The van der Waals surface area contributed by atoms with E-state index in [4.69, 9.17) is 4.74 Å². The lowest BCUT2D eigenvalue weighted by atomic mass is 10.2. The second kappa shape index (κ2) is 4.60. The van der Waals surface area contributed by atoms with Crippen molar-refractivity contribution in [2.75, 3.05) is 6.61 Å². The molecule has 0 amide bonds. The Balaban J connectivity index is 2.38. The summed E-state index contributed by atoms with van der Waals surface area (Å²) in [4.78, 5) is 0. The molecule has 0 atom stereocenters. The molecule has 0 fully saturated rings. The first-order valence-electron chi connectivity index (χ1n) is 4.17. The van der Waals surface area contributed by atoms with Crippen LogP contribution in [0.2, 0.25) is 0 Å². The topological polar surface area (TPSA) is 9.23 Å². The van der Waals surface area contributed by atoms with Crippen LogP contribution in [0.25, 0.3) is 0 Å². The summed E-state index contributed by atoms with van der Waals surface area (Å²) in [5, 5.41) is 0. The van der Waals surface area contributed by atoms with Crippen molar-refractivity contribution in [2.45, 2.75) is 13.3 Å². The van der Waals surface area contributed by atoms with Gasteiger partial charge in [0, 0.05) is 0 Å². The summed E-state index contributed by atoms with van der Waals surface area (Å²) >= 11 is 0. The molecule has 1 aromatic rings. The molecule has 1 heteroatoms. The van der Waals surface area contributed by atoms with Crippen molar-refractivity contribution in [3.63, 3.8) is 0 Å². The first-order valence-corrected chi connectivity index (χ1v) is 4.17. The second-order valence-corrected chi connectivity index (χ2v) is 2.71. The van der Waals surface area contributed by atoms with Crippen LogP contribution in [0.5, 0.6) is 5.75 Å². The normalized spacial score (nSPS) is 9.42. The van der Waals surface area contributed by atoms with Gasteiger partial charge in [-0.15, -0.1) is 0 Å². The molecule has 1 aromatic carbocycles. The van der Waals surface area contributed by atoms with E-state index < -0.39 is 0 Å². The van der Waals surface area contributed by atoms with E-state index in [2.05, 4.69) is 13.5 Å². The van der Waals surface area contributed by atoms with E-state index in [9.17, 15) is 0 Å². The maximum Gasteiger partial charge on any atom is 0.119 e. The molecule has 0 radical (unpaired) electrons. The van der Waals surface area contributed by atoms with Crippen LogP contribution in [0.15, 0.2) is 42.5 Å². The van der Waals surface area contributed by atoms with Gasteiger partial charge < -0.3 is 4.74 Å². The van der Waals surface area contributed by atoms with Gasteiger partial charge in [0.25, 0.3) is 0 Å². The Hall–Kier alpha value is -1.24. The minimum absolute atomic E-state index is 0.626. The summed E-state index contributed by atoms with van der Waals surface area (Å²) in [6.07, 6.45) is 0.979. The molecule has 1 rings (SSSR count). The van der Waals surface area contributed by atoms with Gasteiger partial charge in [-0.25, -0.2) is 0 Å². The molecule has 0 heterocycles. The van der Waals surface area contributed by atoms with Crippen molar-refractivity contribution in [1.82, 2.24) is 0 Å². The number of hydrogen-bond acceptors (Lipinski definition) is 1. The lowest BCUT2D eigenvalue weighted by Crippen LogP contribution is -1.98. The predicted octanol–water partition coefficient (Wildman–Crippen LogP) is 3.03. The number of hydrogen-bond donors (Lipinski definition) is 0. The monoisotopic (exact) mass is 162 g/mol. The minimum Gasteiger partial charge on any atom is -0.489 e. The Bertz CT molecular complexity index is 238. The molecule has 0 unspecified atom stereocenters. The highest BCUT2D eigenvalue weighted by molar-refractivity contribution is 5.21. The Morgan fingerprint density at radius 3 is 2.58 bits per heavy atom. The van der Waals surface area contributed by atoms with Crippen LogP contribution < -0.4 is 4.74 Å². The van der Waals surface area contributed by atoms with Crippen LogP contribution in [-0.2, 0) is 0 Å². The lowest BCUT2D eigenvalue weighted by molar-refractivity contribution is 0.349. The fraction of sp³-hybridized carbons (Fsp3) is 0.273. The van der Waals surface area contributed by atoms with Gasteiger partial charge in [0.2, 0.25) is 0 Å². The third-order valence-electron chi connectivity index (χ3n) is 1.69. The number of para-hydroxylation sites is 1. The SMILES string of the molecule is C=C(CC)COc1ccccc1. The Labute approximate surface area is 73.7 Å². The fourth-order valence-electron chi connectivity index (χ4n) is 0.804. The highest BCUT2D eigenvalue weighted by Gasteiger charge is 1.92. The van der Waals surface area contributed by atoms with Crippen LogP contribution in [-0.4, -0.2) is 6.61 Å². The van der Waals surface area contributed by atoms with Crippen molar-refractivity contribution in [3.8, 4) is 5.75 Å². The van der Waals surface area contributed by atoms with E-state index in [1.54, 1.807) is 0 Å². The van der Waals surface area contributed by atoms with Crippen molar-refractivity contribution < 1.29 is 4.74 Å². The smallest absolute Gasteiger partial charge is 0.119 e. The number of rotatable bonds is 4. The zero-order valence-corrected chi connectivity index (χ0v) is 7.42. The lowest BCUT2D eigenvalue weighted by Gasteiger charge is -2.05. The molecule has 0 spiro atoms. The third-order valence-corrected chi connectivity index (χ3v) is 1.69. The van der Waals surface area contributed by atoms with Gasteiger partial charge in [-0.2, -0.15) is 0 Å². The first-order chi connectivity index (χ1) is 5.83. The van der Waals surface area contributed by atoms with Gasteiger partial charge in [0.15, 0.2) is 0 Å². The molecule has 0 bridgehead atoms. The fourth-order valence-corrected chi connectivity index (χ4v) is 0.804. The van der Waals surface area contributed by atoms with E-state index in [1.165, 1.54) is 0 Å². The zero-order valence-electron chi connectivity index (χ0n) is 7.42. The molecule has 0 aliphatic rings. The maximum absolute atomic E-state index is 5.46. The van der Waals surface area contributed by atoms with E-state index in [1.807, 2.05) is 30.3 Å². The van der Waals surface area contributed by atoms with Crippen LogP contribution in [0.3, 0.4) is 0 Å². The summed E-state index contributed by atoms with van der Waals surface area (Å²) in [6.45, 7) is 6.57. The van der Waals surface area contributed by atoms with Gasteiger partial charge in [0.1, 0.15) is 12.4 Å². The third kappa shape index (κ3) is 2.79. The molecule has 0 N–H and O–H groups in total. The zero-order chi connectivity index (χ0) is 8.81. The van der Waals surface area contributed by atoms with Crippen LogP contribution in [0, 0.1) is 0 Å². The number of ether oxygens (including phenoxy) is 1.